The van der Waals surface area contributed by atoms with E-state index < -0.39 is 29.6 Å². The molecule has 1 saturated carbocycles. The summed E-state index contributed by atoms with van der Waals surface area (Å²) in [5.74, 6) is -3.52. The Labute approximate surface area is 156 Å². The molecule has 0 aliphatic heterocycles. The lowest BCUT2D eigenvalue weighted by atomic mass is 10.0. The van der Waals surface area contributed by atoms with E-state index in [-0.39, 0.29) is 24.6 Å². The first-order chi connectivity index (χ1) is 13.0. The van der Waals surface area contributed by atoms with Crippen molar-refractivity contribution in [2.75, 3.05) is 6.61 Å². The summed E-state index contributed by atoms with van der Waals surface area (Å²) in [6, 6.07) is 11.6. The minimum Gasteiger partial charge on any atom is -0.464 e. The molecule has 1 amide bonds. The van der Waals surface area contributed by atoms with Crippen LogP contribution in [0.1, 0.15) is 35.7 Å². The molecule has 2 aromatic carbocycles. The highest BCUT2D eigenvalue weighted by atomic mass is 19.2. The Morgan fingerprint density at radius 1 is 1.11 bits per heavy atom. The number of amides is 1. The lowest BCUT2D eigenvalue weighted by Gasteiger charge is -2.30. The number of nitrogens with zero attached hydrogens (tertiary/aromatic N) is 1. The first-order valence-electron chi connectivity index (χ1n) is 9.00. The summed E-state index contributed by atoms with van der Waals surface area (Å²) in [5.41, 5.74) is 0.484. The van der Waals surface area contributed by atoms with Crippen molar-refractivity contribution in [1.29, 1.82) is 0 Å². The molecule has 1 aliphatic carbocycles. The van der Waals surface area contributed by atoms with E-state index in [1.54, 1.807) is 6.92 Å². The van der Waals surface area contributed by atoms with Crippen LogP contribution in [-0.2, 0) is 16.0 Å². The van der Waals surface area contributed by atoms with Crippen LogP contribution in [0.5, 0.6) is 0 Å². The van der Waals surface area contributed by atoms with E-state index in [0.717, 1.165) is 11.6 Å². The maximum absolute atomic E-state index is 14.2. The van der Waals surface area contributed by atoms with Crippen LogP contribution < -0.4 is 0 Å². The van der Waals surface area contributed by atoms with Crippen LogP contribution in [-0.4, -0.2) is 35.5 Å². The highest BCUT2D eigenvalue weighted by Gasteiger charge is 2.42. The summed E-state index contributed by atoms with van der Waals surface area (Å²) in [6.45, 7) is 1.86. The molecular formula is C21H21F2NO3. The fraction of sp³-hybridized carbons (Fsp3) is 0.333. The highest BCUT2D eigenvalue weighted by molar-refractivity contribution is 5.97. The van der Waals surface area contributed by atoms with Gasteiger partial charge in [-0.15, -0.1) is 0 Å². The van der Waals surface area contributed by atoms with Crippen LogP contribution >= 0.6 is 0 Å². The van der Waals surface area contributed by atoms with Gasteiger partial charge in [0, 0.05) is 12.5 Å². The van der Waals surface area contributed by atoms with Gasteiger partial charge in [0.15, 0.2) is 11.6 Å². The van der Waals surface area contributed by atoms with Gasteiger partial charge in [0.25, 0.3) is 5.91 Å². The molecule has 1 fully saturated rings. The Balaban J connectivity index is 1.96. The standard InChI is InChI=1S/C21H21F2NO3/c1-2-27-21(26)18(13-14-7-4-3-5-8-14)24(15-11-12-15)20(25)16-9-6-10-17(22)19(16)23/h3-10,15,18H,2,11-13H2,1H3. The SMILES string of the molecule is CCOC(=O)C(Cc1ccccc1)N(C(=O)c1cccc(F)c1F)C1CC1. The number of benzene rings is 2. The zero-order valence-electron chi connectivity index (χ0n) is 15.0. The maximum atomic E-state index is 14.2. The first-order valence-corrected chi connectivity index (χ1v) is 9.00. The van der Waals surface area contributed by atoms with E-state index in [0.29, 0.717) is 12.8 Å². The van der Waals surface area contributed by atoms with Crippen molar-refractivity contribution in [3.05, 3.63) is 71.3 Å². The molecule has 1 unspecified atom stereocenters. The average Bonchev–Trinajstić information content (AvgIpc) is 3.49. The van der Waals surface area contributed by atoms with Crippen molar-refractivity contribution in [3.8, 4) is 0 Å². The van der Waals surface area contributed by atoms with Gasteiger partial charge in [0.1, 0.15) is 6.04 Å². The Kier molecular flexibility index (Phi) is 5.84. The average molecular weight is 373 g/mol. The van der Waals surface area contributed by atoms with Gasteiger partial charge in [-0.3, -0.25) is 4.79 Å². The van der Waals surface area contributed by atoms with Gasteiger partial charge >= 0.3 is 5.97 Å². The third kappa shape index (κ3) is 4.32. The summed E-state index contributed by atoms with van der Waals surface area (Å²) in [4.78, 5) is 27.0. The van der Waals surface area contributed by atoms with Crippen molar-refractivity contribution in [2.45, 2.75) is 38.3 Å². The van der Waals surface area contributed by atoms with Crippen molar-refractivity contribution >= 4 is 11.9 Å². The van der Waals surface area contributed by atoms with Crippen LogP contribution in [0.15, 0.2) is 48.5 Å². The minimum absolute atomic E-state index is 0.172. The predicted molar refractivity (Wildman–Crippen MR) is 96.1 cm³/mol. The largest absolute Gasteiger partial charge is 0.464 e. The van der Waals surface area contributed by atoms with Gasteiger partial charge in [-0.25, -0.2) is 13.6 Å². The molecule has 0 N–H and O–H groups in total. The molecule has 0 spiro atoms. The number of esters is 1. The lowest BCUT2D eigenvalue weighted by Crippen LogP contribution is -2.48. The van der Waals surface area contributed by atoms with Gasteiger partial charge in [-0.05, 0) is 37.5 Å². The smallest absolute Gasteiger partial charge is 0.329 e. The first kappa shape index (κ1) is 19.0. The summed E-state index contributed by atoms with van der Waals surface area (Å²) in [5, 5.41) is 0. The van der Waals surface area contributed by atoms with Crippen molar-refractivity contribution in [3.63, 3.8) is 0 Å². The van der Waals surface area contributed by atoms with E-state index in [1.165, 1.54) is 17.0 Å². The molecule has 4 nitrogen and oxygen atoms in total. The summed E-state index contributed by atoms with van der Waals surface area (Å²) in [7, 11) is 0. The number of halogens is 2. The van der Waals surface area contributed by atoms with Crippen LogP contribution in [0.3, 0.4) is 0 Å². The number of carbonyl (C=O) groups excluding carboxylic acids is 2. The van der Waals surface area contributed by atoms with E-state index in [1.807, 2.05) is 30.3 Å². The van der Waals surface area contributed by atoms with Gasteiger partial charge in [-0.1, -0.05) is 36.4 Å². The zero-order chi connectivity index (χ0) is 19.4. The number of carbonyl (C=O) groups is 2. The van der Waals surface area contributed by atoms with E-state index >= 15 is 0 Å². The second kappa shape index (κ2) is 8.29. The Morgan fingerprint density at radius 2 is 1.81 bits per heavy atom. The number of hydrogen-bond acceptors (Lipinski definition) is 3. The van der Waals surface area contributed by atoms with Gasteiger partial charge in [-0.2, -0.15) is 0 Å². The van der Waals surface area contributed by atoms with Crippen molar-refractivity contribution in [2.24, 2.45) is 0 Å². The lowest BCUT2D eigenvalue weighted by molar-refractivity contribution is -0.148. The van der Waals surface area contributed by atoms with E-state index in [2.05, 4.69) is 0 Å². The molecule has 1 atom stereocenters. The highest BCUT2D eigenvalue weighted by Crippen LogP contribution is 2.32. The summed E-state index contributed by atoms with van der Waals surface area (Å²) in [6.07, 6.45) is 1.68. The monoisotopic (exact) mass is 373 g/mol. The third-order valence-electron chi connectivity index (χ3n) is 4.52. The molecule has 0 bridgehead atoms. The maximum Gasteiger partial charge on any atom is 0.329 e. The Morgan fingerprint density at radius 3 is 2.44 bits per heavy atom. The molecule has 6 heteroatoms. The van der Waals surface area contributed by atoms with Crippen LogP contribution in [0, 0.1) is 11.6 Å². The summed E-state index contributed by atoms with van der Waals surface area (Å²) >= 11 is 0. The quantitative estimate of drug-likeness (QED) is 0.695. The van der Waals surface area contributed by atoms with Crippen LogP contribution in [0.4, 0.5) is 8.78 Å². The molecule has 2 aromatic rings. The second-order valence-corrected chi connectivity index (χ2v) is 6.50. The third-order valence-corrected chi connectivity index (χ3v) is 4.52. The molecule has 142 valence electrons. The fourth-order valence-electron chi connectivity index (χ4n) is 3.09. The Hall–Kier alpha value is -2.76. The minimum atomic E-state index is -1.20. The van der Waals surface area contributed by atoms with Gasteiger partial charge in [0.05, 0.1) is 12.2 Å². The van der Waals surface area contributed by atoms with Crippen molar-refractivity contribution in [1.82, 2.24) is 4.90 Å². The second-order valence-electron chi connectivity index (χ2n) is 6.50. The van der Waals surface area contributed by atoms with Gasteiger partial charge in [0.2, 0.25) is 0 Å². The van der Waals surface area contributed by atoms with Crippen LogP contribution in [0.25, 0.3) is 0 Å². The number of ether oxygens (including phenoxy) is 1. The summed E-state index contributed by atoms with van der Waals surface area (Å²) < 4.78 is 33.0. The van der Waals surface area contributed by atoms with E-state index in [4.69, 9.17) is 4.74 Å². The van der Waals surface area contributed by atoms with E-state index in [9.17, 15) is 18.4 Å². The normalized spacial score (nSPS) is 14.5. The zero-order valence-corrected chi connectivity index (χ0v) is 15.0. The molecule has 0 heterocycles. The molecule has 0 saturated heterocycles. The van der Waals surface area contributed by atoms with Crippen molar-refractivity contribution < 1.29 is 23.1 Å². The molecule has 27 heavy (non-hydrogen) atoms. The van der Waals surface area contributed by atoms with Crippen LogP contribution in [0.2, 0.25) is 0 Å². The fourth-order valence-corrected chi connectivity index (χ4v) is 3.09. The number of rotatable bonds is 7. The number of hydrogen-bond donors (Lipinski definition) is 0. The Bertz CT molecular complexity index is 821. The molecule has 1 aliphatic rings. The molecule has 3 rings (SSSR count). The van der Waals surface area contributed by atoms with Gasteiger partial charge < -0.3 is 9.64 Å². The topological polar surface area (TPSA) is 46.6 Å². The predicted octanol–water partition coefficient (Wildman–Crippen LogP) is 3.74. The molecular weight excluding hydrogens is 352 g/mol. The molecule has 0 radical (unpaired) electrons. The molecule has 0 aromatic heterocycles.